The van der Waals surface area contributed by atoms with Crippen LogP contribution in [-0.4, -0.2) is 43.8 Å². The van der Waals surface area contributed by atoms with Crippen molar-refractivity contribution in [2.75, 3.05) is 10.8 Å². The molecule has 4 rings (SSSR count). The fraction of sp³-hybridized carbons (Fsp3) is 0.375. The molecule has 3 aromatic carbocycles. The number of aryl methyl sites for hydroxylation is 1. The van der Waals surface area contributed by atoms with Crippen molar-refractivity contribution in [3.05, 3.63) is 95.0 Å². The van der Waals surface area contributed by atoms with Gasteiger partial charge in [0.2, 0.25) is 11.8 Å². The second kappa shape index (κ2) is 14.0. The Morgan fingerprint density at radius 3 is 2.27 bits per heavy atom. The van der Waals surface area contributed by atoms with E-state index < -0.39 is 28.5 Å². The molecule has 9 heteroatoms. The van der Waals surface area contributed by atoms with Gasteiger partial charge in [-0.3, -0.25) is 13.9 Å². The number of benzene rings is 3. The highest BCUT2D eigenvalue weighted by molar-refractivity contribution is 7.92. The highest BCUT2D eigenvalue weighted by Gasteiger charge is 2.34. The molecule has 0 spiro atoms. The molecule has 1 atom stereocenters. The van der Waals surface area contributed by atoms with E-state index in [0.29, 0.717) is 17.1 Å². The summed E-state index contributed by atoms with van der Waals surface area (Å²) in [6.45, 7) is 3.56. The molecule has 3 aromatic rings. The minimum atomic E-state index is -4.13. The first-order chi connectivity index (χ1) is 19.7. The summed E-state index contributed by atoms with van der Waals surface area (Å²) in [5, 5.41) is 3.58. The topological polar surface area (TPSA) is 86.8 Å². The Kier molecular flexibility index (Phi) is 10.5. The normalized spacial score (nSPS) is 14.7. The largest absolute Gasteiger partial charge is 0.352 e. The average Bonchev–Trinajstić information content (AvgIpc) is 2.97. The lowest BCUT2D eigenvalue weighted by atomic mass is 9.95. The molecular formula is C32H38ClN3O4S. The Balaban J connectivity index is 1.68. The maximum Gasteiger partial charge on any atom is 0.264 e. The molecular weight excluding hydrogens is 558 g/mol. The molecule has 7 nitrogen and oxygen atoms in total. The number of nitrogens with one attached hydrogen (secondary N) is 1. The lowest BCUT2D eigenvalue weighted by Crippen LogP contribution is -2.54. The second-order valence-corrected chi connectivity index (χ2v) is 12.9. The zero-order valence-electron chi connectivity index (χ0n) is 23.6. The van der Waals surface area contributed by atoms with Gasteiger partial charge in [-0.25, -0.2) is 8.42 Å². The standard InChI is InChI=1S/C32H38ClN3O4S/c1-3-30(32(38)34-27-13-6-4-7-14-27)35(22-25-12-10-11-24(2)21-25)31(37)23-36(28-15-8-5-9-16-28)41(39,40)29-19-17-26(33)18-20-29/h5,8-12,15-21,27,30H,3-4,6-7,13-14,22-23H2,1-2H3,(H,34,38)/t30-/m1/s1. The number of halogens is 1. The third kappa shape index (κ3) is 7.89. The summed E-state index contributed by atoms with van der Waals surface area (Å²) in [7, 11) is -4.13. The van der Waals surface area contributed by atoms with E-state index in [4.69, 9.17) is 11.6 Å². The van der Waals surface area contributed by atoms with Crippen molar-refractivity contribution in [1.29, 1.82) is 0 Å². The van der Waals surface area contributed by atoms with Crippen molar-refractivity contribution < 1.29 is 18.0 Å². The Morgan fingerprint density at radius 2 is 1.63 bits per heavy atom. The predicted octanol–water partition coefficient (Wildman–Crippen LogP) is 6.10. The third-order valence-electron chi connectivity index (χ3n) is 7.50. The van der Waals surface area contributed by atoms with E-state index >= 15 is 0 Å². The van der Waals surface area contributed by atoms with Crippen LogP contribution in [0.4, 0.5) is 5.69 Å². The van der Waals surface area contributed by atoms with Crippen LogP contribution in [0.2, 0.25) is 5.02 Å². The van der Waals surface area contributed by atoms with Gasteiger partial charge in [0.05, 0.1) is 10.6 Å². The minimum absolute atomic E-state index is 0.0193. The predicted molar refractivity (Wildman–Crippen MR) is 163 cm³/mol. The minimum Gasteiger partial charge on any atom is -0.352 e. The highest BCUT2D eigenvalue weighted by Crippen LogP contribution is 2.26. The molecule has 0 aromatic heterocycles. The van der Waals surface area contributed by atoms with Crippen molar-refractivity contribution in [3.8, 4) is 0 Å². The Labute approximate surface area is 248 Å². The third-order valence-corrected chi connectivity index (χ3v) is 9.54. The van der Waals surface area contributed by atoms with Gasteiger partial charge in [0.15, 0.2) is 0 Å². The number of hydrogen-bond donors (Lipinski definition) is 1. The van der Waals surface area contributed by atoms with E-state index in [9.17, 15) is 18.0 Å². The lowest BCUT2D eigenvalue weighted by Gasteiger charge is -2.34. The monoisotopic (exact) mass is 595 g/mol. The molecule has 0 heterocycles. The molecule has 1 fully saturated rings. The first kappa shape index (κ1) is 30.6. The molecule has 1 aliphatic rings. The van der Waals surface area contributed by atoms with Crippen LogP contribution < -0.4 is 9.62 Å². The van der Waals surface area contributed by atoms with E-state index in [1.54, 1.807) is 30.3 Å². The summed E-state index contributed by atoms with van der Waals surface area (Å²) < 4.78 is 28.9. The van der Waals surface area contributed by atoms with Gasteiger partial charge in [-0.05, 0) is 68.1 Å². The molecule has 218 valence electrons. The van der Waals surface area contributed by atoms with Gasteiger partial charge in [0.1, 0.15) is 12.6 Å². The number of amides is 2. The number of hydrogen-bond acceptors (Lipinski definition) is 4. The van der Waals surface area contributed by atoms with Crippen molar-refractivity contribution in [1.82, 2.24) is 10.2 Å². The van der Waals surface area contributed by atoms with Gasteiger partial charge in [-0.2, -0.15) is 0 Å². The summed E-state index contributed by atoms with van der Waals surface area (Å²) in [6, 6.07) is 21.5. The number of nitrogens with zero attached hydrogens (tertiary/aromatic N) is 2. The van der Waals surface area contributed by atoms with Crippen molar-refractivity contribution >= 4 is 39.1 Å². The van der Waals surface area contributed by atoms with E-state index in [-0.39, 0.29) is 23.4 Å². The van der Waals surface area contributed by atoms with Crippen LogP contribution in [0.25, 0.3) is 0 Å². The van der Waals surface area contributed by atoms with Crippen molar-refractivity contribution in [3.63, 3.8) is 0 Å². The van der Waals surface area contributed by atoms with E-state index in [0.717, 1.165) is 41.1 Å². The molecule has 0 aliphatic heterocycles. The number of sulfonamides is 1. The van der Waals surface area contributed by atoms with Crippen molar-refractivity contribution in [2.45, 2.75) is 75.9 Å². The zero-order valence-corrected chi connectivity index (χ0v) is 25.2. The smallest absolute Gasteiger partial charge is 0.264 e. The molecule has 1 aliphatic carbocycles. The van der Waals surface area contributed by atoms with E-state index in [1.165, 1.54) is 35.6 Å². The zero-order chi connectivity index (χ0) is 29.4. The summed E-state index contributed by atoms with van der Waals surface area (Å²) in [4.78, 5) is 29.3. The van der Waals surface area contributed by atoms with Crippen LogP contribution in [0.15, 0.2) is 83.8 Å². The van der Waals surface area contributed by atoms with Crippen LogP contribution in [0.1, 0.15) is 56.6 Å². The molecule has 2 amide bonds. The number of rotatable bonds is 11. The molecule has 0 radical (unpaired) electrons. The van der Waals surface area contributed by atoms with Crippen LogP contribution in [0.3, 0.4) is 0 Å². The number of para-hydroxylation sites is 1. The number of anilines is 1. The fourth-order valence-corrected chi connectivity index (χ4v) is 6.87. The maximum absolute atomic E-state index is 14.2. The maximum atomic E-state index is 14.2. The van der Waals surface area contributed by atoms with Crippen molar-refractivity contribution in [2.24, 2.45) is 0 Å². The van der Waals surface area contributed by atoms with Gasteiger partial charge in [-0.15, -0.1) is 0 Å². The van der Waals surface area contributed by atoms with E-state index in [1.807, 2.05) is 38.1 Å². The summed E-state index contributed by atoms with van der Waals surface area (Å²) in [5.74, 6) is -0.661. The fourth-order valence-electron chi connectivity index (χ4n) is 5.33. The van der Waals surface area contributed by atoms with Gasteiger partial charge in [0.25, 0.3) is 10.0 Å². The van der Waals surface area contributed by atoms with E-state index in [2.05, 4.69) is 5.32 Å². The second-order valence-electron chi connectivity index (χ2n) is 10.6. The molecule has 0 bridgehead atoms. The number of carbonyl (C=O) groups is 2. The summed E-state index contributed by atoms with van der Waals surface area (Å²) in [6.07, 6.45) is 5.55. The van der Waals surface area contributed by atoms with Gasteiger partial charge < -0.3 is 10.2 Å². The molecule has 0 saturated heterocycles. The van der Waals surface area contributed by atoms with Crippen LogP contribution in [0.5, 0.6) is 0 Å². The van der Waals surface area contributed by atoms with Crippen LogP contribution >= 0.6 is 11.6 Å². The van der Waals surface area contributed by atoms with Gasteiger partial charge in [0, 0.05) is 17.6 Å². The van der Waals surface area contributed by atoms with Gasteiger partial charge >= 0.3 is 0 Å². The van der Waals surface area contributed by atoms with Crippen LogP contribution in [0, 0.1) is 6.92 Å². The Bertz CT molecular complexity index is 1420. The highest BCUT2D eigenvalue weighted by atomic mass is 35.5. The quantitative estimate of drug-likeness (QED) is 0.290. The van der Waals surface area contributed by atoms with Gasteiger partial charge in [-0.1, -0.05) is 85.8 Å². The molecule has 41 heavy (non-hydrogen) atoms. The Hall–Kier alpha value is -3.36. The Morgan fingerprint density at radius 1 is 0.951 bits per heavy atom. The number of carbonyl (C=O) groups excluding carboxylic acids is 2. The molecule has 1 N–H and O–H groups in total. The summed E-state index contributed by atoms with van der Waals surface area (Å²) in [5.41, 5.74) is 2.26. The first-order valence-electron chi connectivity index (χ1n) is 14.2. The lowest BCUT2D eigenvalue weighted by molar-refractivity contribution is -0.140. The SMILES string of the molecule is CC[C@H](C(=O)NC1CCCCC1)N(Cc1cccc(C)c1)C(=O)CN(c1ccccc1)S(=O)(=O)c1ccc(Cl)cc1. The molecule has 1 saturated carbocycles. The average molecular weight is 596 g/mol. The first-order valence-corrected chi connectivity index (χ1v) is 16.0. The summed E-state index contributed by atoms with van der Waals surface area (Å²) >= 11 is 6.02. The van der Waals surface area contributed by atoms with Crippen LogP contribution in [-0.2, 0) is 26.2 Å². The molecule has 0 unspecified atom stereocenters.